The number of hydroxylamine groups is 2. The molecule has 1 unspecified atom stereocenters. The summed E-state index contributed by atoms with van der Waals surface area (Å²) in [5.41, 5.74) is 5.02. The average molecular weight is 191 g/mol. The molecule has 0 saturated heterocycles. The third-order valence-electron chi connectivity index (χ3n) is 1.38. The molecule has 0 aromatic rings. The molecule has 0 saturated carbocycles. The van der Waals surface area contributed by atoms with Gasteiger partial charge in [0, 0.05) is 6.61 Å². The van der Waals surface area contributed by atoms with Crippen molar-refractivity contribution in [3.8, 4) is 0 Å². The molecule has 0 amide bonds. The van der Waals surface area contributed by atoms with Crippen molar-refractivity contribution in [2.45, 2.75) is 20.1 Å². The van der Waals surface area contributed by atoms with Crippen molar-refractivity contribution in [1.82, 2.24) is 5.06 Å². The van der Waals surface area contributed by atoms with Gasteiger partial charge in [-0.05, 0) is 13.8 Å². The molecule has 0 spiro atoms. The van der Waals surface area contributed by atoms with Gasteiger partial charge in [0.15, 0.2) is 6.23 Å². The van der Waals surface area contributed by atoms with Crippen molar-refractivity contribution in [2.75, 3.05) is 19.8 Å². The van der Waals surface area contributed by atoms with Crippen LogP contribution in [0.2, 0.25) is 0 Å². The summed E-state index contributed by atoms with van der Waals surface area (Å²) in [5.74, 6) is -0.441. The van der Waals surface area contributed by atoms with Crippen LogP contribution in [-0.2, 0) is 9.47 Å². The van der Waals surface area contributed by atoms with Gasteiger partial charge in [0.2, 0.25) is 5.96 Å². The zero-order valence-corrected chi connectivity index (χ0v) is 7.99. The topological polar surface area (TPSA) is 91.8 Å². The van der Waals surface area contributed by atoms with E-state index in [4.69, 9.17) is 25.8 Å². The Balaban J connectivity index is 3.50. The first-order valence-corrected chi connectivity index (χ1v) is 4.11. The fraction of sp³-hybridized carbons (Fsp3) is 0.857. The molecule has 0 rings (SSSR count). The highest BCUT2D eigenvalue weighted by Crippen LogP contribution is 1.95. The number of hydrogen-bond acceptors (Lipinski definition) is 4. The molecule has 0 aromatic heterocycles. The van der Waals surface area contributed by atoms with Crippen LogP contribution in [-0.4, -0.2) is 42.3 Å². The Hall–Kier alpha value is -0.850. The normalized spacial score (nSPS) is 12.5. The number of nitrogens with two attached hydrogens (primary N) is 1. The third-order valence-corrected chi connectivity index (χ3v) is 1.38. The molecule has 4 N–H and O–H groups in total. The molecule has 6 heteroatoms. The third kappa shape index (κ3) is 5.40. The van der Waals surface area contributed by atoms with Crippen LogP contribution in [0.4, 0.5) is 0 Å². The zero-order valence-electron chi connectivity index (χ0n) is 7.99. The van der Waals surface area contributed by atoms with E-state index in [1.165, 1.54) is 0 Å². The molecular formula is C7H17N3O3. The summed E-state index contributed by atoms with van der Waals surface area (Å²) in [6.07, 6.45) is -0.627. The number of nitrogens with zero attached hydrogens (tertiary/aromatic N) is 1. The quantitative estimate of drug-likeness (QED) is 0.180. The van der Waals surface area contributed by atoms with Crippen LogP contribution in [0.5, 0.6) is 0 Å². The first kappa shape index (κ1) is 12.2. The SMILES string of the molecule is CCOCCOC(C)N(O)C(=N)N. The van der Waals surface area contributed by atoms with Crippen molar-refractivity contribution in [3.63, 3.8) is 0 Å². The van der Waals surface area contributed by atoms with Crippen LogP contribution >= 0.6 is 0 Å². The van der Waals surface area contributed by atoms with Crippen LogP contribution in [0.25, 0.3) is 0 Å². The number of rotatable bonds is 6. The van der Waals surface area contributed by atoms with E-state index in [2.05, 4.69) is 0 Å². The van der Waals surface area contributed by atoms with Gasteiger partial charge in [0.25, 0.3) is 0 Å². The van der Waals surface area contributed by atoms with Gasteiger partial charge in [-0.25, -0.2) is 0 Å². The zero-order chi connectivity index (χ0) is 10.3. The lowest BCUT2D eigenvalue weighted by Crippen LogP contribution is -2.41. The van der Waals surface area contributed by atoms with Gasteiger partial charge in [-0.3, -0.25) is 10.6 Å². The van der Waals surface area contributed by atoms with E-state index in [9.17, 15) is 0 Å². The maximum atomic E-state index is 9.07. The summed E-state index contributed by atoms with van der Waals surface area (Å²) in [4.78, 5) is 0. The van der Waals surface area contributed by atoms with Gasteiger partial charge >= 0.3 is 0 Å². The molecule has 0 aliphatic heterocycles. The Morgan fingerprint density at radius 2 is 2.23 bits per heavy atom. The lowest BCUT2D eigenvalue weighted by atomic mass is 10.6. The maximum absolute atomic E-state index is 9.07. The average Bonchev–Trinajstić information content (AvgIpc) is 2.10. The van der Waals surface area contributed by atoms with Crippen molar-refractivity contribution in [3.05, 3.63) is 0 Å². The van der Waals surface area contributed by atoms with Crippen LogP contribution in [0.15, 0.2) is 0 Å². The maximum Gasteiger partial charge on any atom is 0.215 e. The van der Waals surface area contributed by atoms with Gasteiger partial charge in [-0.1, -0.05) is 0 Å². The molecular weight excluding hydrogens is 174 g/mol. The van der Waals surface area contributed by atoms with E-state index in [1.807, 2.05) is 6.92 Å². The predicted molar refractivity (Wildman–Crippen MR) is 47.4 cm³/mol. The Morgan fingerprint density at radius 1 is 1.62 bits per heavy atom. The fourth-order valence-corrected chi connectivity index (χ4v) is 0.688. The minimum absolute atomic E-state index is 0.360. The van der Waals surface area contributed by atoms with Gasteiger partial charge < -0.3 is 15.2 Å². The standard InChI is InChI=1S/C7H17N3O3/c1-3-12-4-5-13-6(2)10(11)7(8)9/h6,11H,3-5H2,1-2H3,(H3,8,9). The Labute approximate surface area is 77.7 Å². The number of guanidine groups is 1. The molecule has 1 atom stereocenters. The largest absolute Gasteiger partial charge is 0.379 e. The van der Waals surface area contributed by atoms with Gasteiger partial charge in [-0.2, -0.15) is 5.06 Å². The molecule has 0 aliphatic carbocycles. The highest BCUT2D eigenvalue weighted by Gasteiger charge is 2.11. The summed E-state index contributed by atoms with van der Waals surface area (Å²) in [6.45, 7) is 4.93. The Morgan fingerprint density at radius 3 is 2.69 bits per heavy atom. The van der Waals surface area contributed by atoms with Crippen LogP contribution < -0.4 is 5.73 Å². The molecule has 0 fully saturated rings. The summed E-state index contributed by atoms with van der Waals surface area (Å²) in [7, 11) is 0. The summed E-state index contributed by atoms with van der Waals surface area (Å²) < 4.78 is 10.1. The van der Waals surface area contributed by atoms with Crippen molar-refractivity contribution in [1.29, 1.82) is 5.41 Å². The number of nitrogens with one attached hydrogen (secondary N) is 1. The van der Waals surface area contributed by atoms with E-state index >= 15 is 0 Å². The van der Waals surface area contributed by atoms with Crippen LogP contribution in [0, 0.1) is 5.41 Å². The van der Waals surface area contributed by atoms with Crippen molar-refractivity contribution < 1.29 is 14.7 Å². The fourth-order valence-electron chi connectivity index (χ4n) is 0.688. The van der Waals surface area contributed by atoms with E-state index in [0.29, 0.717) is 24.9 Å². The lowest BCUT2D eigenvalue weighted by molar-refractivity contribution is -0.163. The second kappa shape index (κ2) is 6.64. The van der Waals surface area contributed by atoms with E-state index in [0.717, 1.165) is 0 Å². The van der Waals surface area contributed by atoms with Gasteiger partial charge in [0.1, 0.15) is 0 Å². The molecule has 0 bridgehead atoms. The van der Waals surface area contributed by atoms with Gasteiger partial charge in [0.05, 0.1) is 13.2 Å². The van der Waals surface area contributed by atoms with Crippen molar-refractivity contribution >= 4 is 5.96 Å². The molecule has 0 aliphatic rings. The highest BCUT2D eigenvalue weighted by atomic mass is 16.6. The Bertz CT molecular complexity index is 154. The summed E-state index contributed by atoms with van der Waals surface area (Å²) in [6, 6.07) is 0. The first-order valence-electron chi connectivity index (χ1n) is 4.11. The number of ether oxygens (including phenoxy) is 2. The minimum Gasteiger partial charge on any atom is -0.379 e. The molecule has 0 aromatic carbocycles. The molecule has 6 nitrogen and oxygen atoms in total. The van der Waals surface area contributed by atoms with E-state index < -0.39 is 12.2 Å². The van der Waals surface area contributed by atoms with E-state index in [-0.39, 0.29) is 0 Å². The molecule has 0 radical (unpaired) electrons. The Kier molecular flexibility index (Phi) is 6.21. The summed E-state index contributed by atoms with van der Waals surface area (Å²) >= 11 is 0. The predicted octanol–water partition coefficient (Wildman–Crippen LogP) is -0.0298. The first-order chi connectivity index (χ1) is 6.09. The van der Waals surface area contributed by atoms with E-state index in [1.54, 1.807) is 6.92 Å². The second-order valence-corrected chi connectivity index (χ2v) is 2.40. The smallest absolute Gasteiger partial charge is 0.215 e. The lowest BCUT2D eigenvalue weighted by Gasteiger charge is -2.22. The molecule has 0 heterocycles. The van der Waals surface area contributed by atoms with Crippen molar-refractivity contribution in [2.24, 2.45) is 5.73 Å². The number of hydrogen-bond donors (Lipinski definition) is 3. The monoisotopic (exact) mass is 191 g/mol. The molecule has 13 heavy (non-hydrogen) atoms. The molecule has 78 valence electrons. The summed E-state index contributed by atoms with van der Waals surface area (Å²) in [5, 5.41) is 16.5. The minimum atomic E-state index is -0.627. The highest BCUT2D eigenvalue weighted by molar-refractivity contribution is 5.73. The second-order valence-electron chi connectivity index (χ2n) is 2.40. The van der Waals surface area contributed by atoms with Crippen LogP contribution in [0.3, 0.4) is 0 Å². The van der Waals surface area contributed by atoms with Crippen LogP contribution in [0.1, 0.15) is 13.8 Å². The van der Waals surface area contributed by atoms with Gasteiger partial charge in [-0.15, -0.1) is 0 Å².